The molecule has 6 heteroatoms. The highest BCUT2D eigenvalue weighted by Gasteiger charge is 2.46. The minimum atomic E-state index is -0.354. The smallest absolute Gasteiger partial charge is 0.275 e. The second kappa shape index (κ2) is 7.02. The molecule has 1 aromatic rings. The first kappa shape index (κ1) is 16.9. The number of benzene rings is 1. The van der Waals surface area contributed by atoms with E-state index in [-0.39, 0.29) is 23.4 Å². The Labute approximate surface area is 147 Å². The van der Waals surface area contributed by atoms with Crippen LogP contribution in [-0.4, -0.2) is 53.8 Å². The van der Waals surface area contributed by atoms with Gasteiger partial charge in [-0.1, -0.05) is 12.1 Å². The third-order valence-electron chi connectivity index (χ3n) is 5.59. The summed E-state index contributed by atoms with van der Waals surface area (Å²) >= 11 is 0. The molecule has 1 amide bonds. The van der Waals surface area contributed by atoms with Crippen LogP contribution in [-0.2, 0) is 20.9 Å². The third kappa shape index (κ3) is 3.71. The van der Waals surface area contributed by atoms with E-state index >= 15 is 0 Å². The number of hydrogen-bond donors (Lipinski definition) is 0. The van der Waals surface area contributed by atoms with Crippen molar-refractivity contribution in [3.8, 4) is 0 Å². The molecule has 0 radical (unpaired) electrons. The molecule has 4 rings (SSSR count). The molecule has 0 aromatic heterocycles. The van der Waals surface area contributed by atoms with Gasteiger partial charge in [-0.3, -0.25) is 14.5 Å². The molecule has 1 aromatic carbocycles. The maximum absolute atomic E-state index is 13.3. The van der Waals surface area contributed by atoms with E-state index in [0.29, 0.717) is 13.2 Å². The number of carbonyl (C=O) groups excluding carboxylic acids is 1. The van der Waals surface area contributed by atoms with Gasteiger partial charge in [0.15, 0.2) is 0 Å². The first-order valence-corrected chi connectivity index (χ1v) is 9.23. The second-order valence-corrected chi connectivity index (χ2v) is 7.36. The molecule has 3 heterocycles. The van der Waals surface area contributed by atoms with Crippen molar-refractivity contribution in [1.82, 2.24) is 9.96 Å². The molecule has 1 spiro atoms. The highest BCUT2D eigenvalue weighted by molar-refractivity contribution is 5.80. The molecule has 25 heavy (non-hydrogen) atoms. The van der Waals surface area contributed by atoms with Gasteiger partial charge in [0.2, 0.25) is 0 Å². The lowest BCUT2D eigenvalue weighted by Crippen LogP contribution is -2.45. The Morgan fingerprint density at radius 3 is 2.80 bits per heavy atom. The minimum absolute atomic E-state index is 0.0171. The fourth-order valence-corrected chi connectivity index (χ4v) is 4.15. The lowest BCUT2D eigenvalue weighted by Gasteiger charge is -2.39. The van der Waals surface area contributed by atoms with Crippen molar-refractivity contribution in [2.75, 3.05) is 26.2 Å². The van der Waals surface area contributed by atoms with Gasteiger partial charge in [0, 0.05) is 19.6 Å². The van der Waals surface area contributed by atoms with Crippen molar-refractivity contribution < 1.29 is 18.8 Å². The quantitative estimate of drug-likeness (QED) is 0.842. The van der Waals surface area contributed by atoms with Crippen LogP contribution in [0.15, 0.2) is 24.3 Å². The van der Waals surface area contributed by atoms with Gasteiger partial charge in [0.25, 0.3) is 5.91 Å². The van der Waals surface area contributed by atoms with E-state index in [2.05, 4.69) is 4.90 Å². The third-order valence-corrected chi connectivity index (χ3v) is 5.59. The summed E-state index contributed by atoms with van der Waals surface area (Å²) in [5.74, 6) is -0.202. The molecular weight excluding hydrogens is 323 g/mol. The van der Waals surface area contributed by atoms with E-state index in [0.717, 1.165) is 57.3 Å². The van der Waals surface area contributed by atoms with Crippen LogP contribution in [0.25, 0.3) is 0 Å². The number of hydroxylamine groups is 2. The zero-order valence-corrected chi connectivity index (χ0v) is 14.5. The van der Waals surface area contributed by atoms with Gasteiger partial charge < -0.3 is 4.74 Å². The first-order valence-electron chi connectivity index (χ1n) is 9.23. The van der Waals surface area contributed by atoms with Crippen molar-refractivity contribution in [2.24, 2.45) is 0 Å². The van der Waals surface area contributed by atoms with Crippen molar-refractivity contribution >= 4 is 5.91 Å². The summed E-state index contributed by atoms with van der Waals surface area (Å²) < 4.78 is 19.5. The maximum atomic E-state index is 13.3. The Balaban J connectivity index is 1.30. The molecule has 0 saturated carbocycles. The molecule has 0 N–H and O–H groups in total. The van der Waals surface area contributed by atoms with Crippen LogP contribution in [0, 0.1) is 5.82 Å². The number of halogens is 1. The first-order chi connectivity index (χ1) is 12.1. The Bertz CT molecular complexity index is 625. The molecule has 3 aliphatic rings. The van der Waals surface area contributed by atoms with E-state index < -0.39 is 0 Å². The number of carbonyl (C=O) groups is 1. The Hall–Kier alpha value is -1.50. The highest BCUT2D eigenvalue weighted by Crippen LogP contribution is 2.39. The maximum Gasteiger partial charge on any atom is 0.275 e. The number of amides is 1. The number of ether oxygens (including phenoxy) is 1. The fraction of sp³-hybridized carbons (Fsp3) is 0.632. The summed E-state index contributed by atoms with van der Waals surface area (Å²) in [6.45, 7) is 3.89. The minimum Gasteiger partial charge on any atom is -0.362 e. The molecule has 5 nitrogen and oxygen atoms in total. The number of likely N-dealkylation sites (tertiary alicyclic amines) is 1. The summed E-state index contributed by atoms with van der Waals surface area (Å²) in [6, 6.07) is 6.79. The zero-order valence-electron chi connectivity index (χ0n) is 14.5. The molecule has 1 atom stereocenters. The average molecular weight is 348 g/mol. The molecule has 3 fully saturated rings. The lowest BCUT2D eigenvalue weighted by atomic mass is 9.88. The van der Waals surface area contributed by atoms with Crippen LogP contribution < -0.4 is 0 Å². The summed E-state index contributed by atoms with van der Waals surface area (Å²) in [5.41, 5.74) is 0.834. The molecule has 1 unspecified atom stereocenters. The van der Waals surface area contributed by atoms with E-state index in [1.807, 2.05) is 6.07 Å². The van der Waals surface area contributed by atoms with Gasteiger partial charge in [0.1, 0.15) is 11.9 Å². The molecule has 0 bridgehead atoms. The zero-order chi connectivity index (χ0) is 17.3. The van der Waals surface area contributed by atoms with Gasteiger partial charge >= 0.3 is 0 Å². The van der Waals surface area contributed by atoms with Crippen molar-refractivity contribution in [1.29, 1.82) is 0 Å². The topological polar surface area (TPSA) is 42.0 Å². The lowest BCUT2D eigenvalue weighted by molar-refractivity contribution is -0.185. The highest BCUT2D eigenvalue weighted by atomic mass is 19.1. The van der Waals surface area contributed by atoms with Crippen LogP contribution in [0.4, 0.5) is 4.39 Å². The van der Waals surface area contributed by atoms with E-state index in [4.69, 9.17) is 9.57 Å². The Kier molecular flexibility index (Phi) is 4.75. The molecule has 3 aliphatic heterocycles. The Morgan fingerprint density at radius 2 is 2.08 bits per heavy atom. The standard InChI is InChI=1S/C19H25FN2O3/c20-16-4-1-3-15(13-16)14-21-10-7-19(8-11-21)6-5-17(25-19)18(23)22-9-2-12-24-22/h1,3-4,13,17H,2,5-12,14H2. The largest absolute Gasteiger partial charge is 0.362 e. The van der Waals surface area contributed by atoms with Gasteiger partial charge in [-0.2, -0.15) is 0 Å². The fourth-order valence-electron chi connectivity index (χ4n) is 4.15. The predicted molar refractivity (Wildman–Crippen MR) is 90.0 cm³/mol. The number of hydrogen-bond acceptors (Lipinski definition) is 4. The van der Waals surface area contributed by atoms with Crippen LogP contribution >= 0.6 is 0 Å². The predicted octanol–water partition coefficient (Wildman–Crippen LogP) is 2.50. The van der Waals surface area contributed by atoms with Gasteiger partial charge in [-0.15, -0.1) is 0 Å². The van der Waals surface area contributed by atoms with E-state index in [1.54, 1.807) is 12.1 Å². The summed E-state index contributed by atoms with van der Waals surface area (Å²) in [4.78, 5) is 20.1. The summed E-state index contributed by atoms with van der Waals surface area (Å²) in [5, 5.41) is 1.47. The van der Waals surface area contributed by atoms with Crippen LogP contribution in [0.1, 0.15) is 37.7 Å². The normalized spacial score (nSPS) is 26.4. The number of piperidine rings is 1. The van der Waals surface area contributed by atoms with E-state index in [9.17, 15) is 9.18 Å². The van der Waals surface area contributed by atoms with Crippen molar-refractivity contribution in [3.05, 3.63) is 35.6 Å². The van der Waals surface area contributed by atoms with Crippen molar-refractivity contribution in [2.45, 2.75) is 50.4 Å². The van der Waals surface area contributed by atoms with Crippen LogP contribution in [0.3, 0.4) is 0 Å². The number of nitrogens with zero attached hydrogens (tertiary/aromatic N) is 2. The van der Waals surface area contributed by atoms with Gasteiger partial charge in [0.05, 0.1) is 18.8 Å². The second-order valence-electron chi connectivity index (χ2n) is 7.36. The van der Waals surface area contributed by atoms with Crippen LogP contribution in [0.5, 0.6) is 0 Å². The average Bonchev–Trinajstić information content (AvgIpc) is 3.28. The summed E-state index contributed by atoms with van der Waals surface area (Å²) in [7, 11) is 0. The van der Waals surface area contributed by atoms with Crippen LogP contribution in [0.2, 0.25) is 0 Å². The van der Waals surface area contributed by atoms with Gasteiger partial charge in [-0.05, 0) is 49.8 Å². The summed E-state index contributed by atoms with van der Waals surface area (Å²) in [6.07, 6.45) is 4.11. The van der Waals surface area contributed by atoms with Crippen molar-refractivity contribution in [3.63, 3.8) is 0 Å². The Morgan fingerprint density at radius 1 is 1.24 bits per heavy atom. The molecule has 136 valence electrons. The molecule has 3 saturated heterocycles. The number of rotatable bonds is 3. The van der Waals surface area contributed by atoms with Gasteiger partial charge in [-0.25, -0.2) is 9.45 Å². The van der Waals surface area contributed by atoms with E-state index in [1.165, 1.54) is 11.1 Å². The SMILES string of the molecule is O=C(C1CCC2(CCN(Cc3cccc(F)c3)CC2)O1)N1CCCO1. The molecular formula is C19H25FN2O3. The molecule has 0 aliphatic carbocycles. The monoisotopic (exact) mass is 348 g/mol.